The zero-order valence-electron chi connectivity index (χ0n) is 15.0. The Morgan fingerprint density at radius 1 is 1.36 bits per heavy atom. The molecule has 2 aromatic rings. The van der Waals surface area contributed by atoms with Crippen molar-refractivity contribution in [2.24, 2.45) is 0 Å². The first-order valence-electron chi connectivity index (χ1n) is 8.11. The maximum Gasteiger partial charge on any atom is 0.265 e. The van der Waals surface area contributed by atoms with Gasteiger partial charge in [-0.25, -0.2) is 0 Å². The molecule has 25 heavy (non-hydrogen) atoms. The molecule has 7 nitrogen and oxygen atoms in total. The first kappa shape index (κ1) is 18.7. The molecule has 0 fully saturated rings. The molecular formula is C18H24N4O3. The number of nitrogens with zero attached hydrogens (tertiary/aromatic N) is 3. The number of hydrogen-bond acceptors (Lipinski definition) is 5. The number of anilines is 1. The molecule has 1 atom stereocenters. The van der Waals surface area contributed by atoms with Crippen molar-refractivity contribution in [1.82, 2.24) is 14.7 Å². The third kappa shape index (κ3) is 5.72. The van der Waals surface area contributed by atoms with Gasteiger partial charge in [0, 0.05) is 18.3 Å². The van der Waals surface area contributed by atoms with Gasteiger partial charge in [0.15, 0.2) is 11.9 Å². The van der Waals surface area contributed by atoms with E-state index in [4.69, 9.17) is 4.74 Å². The van der Waals surface area contributed by atoms with E-state index < -0.39 is 6.10 Å². The minimum atomic E-state index is -0.702. The number of rotatable bonds is 8. The number of aromatic nitrogens is 2. The van der Waals surface area contributed by atoms with Crippen molar-refractivity contribution in [1.29, 1.82) is 0 Å². The molecule has 0 spiro atoms. The third-order valence-electron chi connectivity index (χ3n) is 3.60. The second-order valence-corrected chi connectivity index (χ2v) is 6.13. The SMILES string of the molecule is CC(=O)c1cccc(O[C@@H](C)C(=O)Nc2cnn(CCN(C)C)c2)c1. The van der Waals surface area contributed by atoms with E-state index in [0.29, 0.717) is 17.0 Å². The van der Waals surface area contributed by atoms with E-state index >= 15 is 0 Å². The summed E-state index contributed by atoms with van der Waals surface area (Å²) in [6.45, 7) is 4.75. The maximum absolute atomic E-state index is 12.3. The van der Waals surface area contributed by atoms with Gasteiger partial charge in [-0.2, -0.15) is 5.10 Å². The van der Waals surface area contributed by atoms with Crippen molar-refractivity contribution in [2.45, 2.75) is 26.5 Å². The summed E-state index contributed by atoms with van der Waals surface area (Å²) in [6.07, 6.45) is 2.69. The first-order chi connectivity index (χ1) is 11.8. The van der Waals surface area contributed by atoms with Crippen LogP contribution in [0, 0.1) is 0 Å². The van der Waals surface area contributed by atoms with E-state index in [1.165, 1.54) is 6.92 Å². The molecule has 2 rings (SSSR count). The second-order valence-electron chi connectivity index (χ2n) is 6.13. The lowest BCUT2D eigenvalue weighted by Crippen LogP contribution is -2.30. The number of hydrogen-bond donors (Lipinski definition) is 1. The van der Waals surface area contributed by atoms with Crippen molar-refractivity contribution in [3.05, 3.63) is 42.2 Å². The Balaban J connectivity index is 1.92. The normalized spacial score (nSPS) is 12.0. The number of carbonyl (C=O) groups excluding carboxylic acids is 2. The van der Waals surface area contributed by atoms with Crippen molar-refractivity contribution in [2.75, 3.05) is 26.0 Å². The molecule has 1 aromatic carbocycles. The van der Waals surface area contributed by atoms with Crippen LogP contribution in [0.15, 0.2) is 36.7 Å². The molecule has 0 aliphatic heterocycles. The average Bonchev–Trinajstić information content (AvgIpc) is 3.00. The van der Waals surface area contributed by atoms with Gasteiger partial charge in [0.2, 0.25) is 0 Å². The molecule has 0 radical (unpaired) electrons. The molecule has 0 saturated carbocycles. The summed E-state index contributed by atoms with van der Waals surface area (Å²) >= 11 is 0. The topological polar surface area (TPSA) is 76.5 Å². The van der Waals surface area contributed by atoms with E-state index in [1.54, 1.807) is 48.3 Å². The quantitative estimate of drug-likeness (QED) is 0.742. The smallest absolute Gasteiger partial charge is 0.265 e. The molecular weight excluding hydrogens is 320 g/mol. The number of ether oxygens (including phenoxy) is 1. The van der Waals surface area contributed by atoms with Crippen LogP contribution in [0.3, 0.4) is 0 Å². The van der Waals surface area contributed by atoms with Crippen LogP contribution in [0.25, 0.3) is 0 Å². The fourth-order valence-electron chi connectivity index (χ4n) is 2.14. The van der Waals surface area contributed by atoms with Crippen LogP contribution in [-0.2, 0) is 11.3 Å². The largest absolute Gasteiger partial charge is 0.481 e. The highest BCUT2D eigenvalue weighted by Crippen LogP contribution is 2.16. The molecule has 0 unspecified atom stereocenters. The van der Waals surface area contributed by atoms with Crippen molar-refractivity contribution >= 4 is 17.4 Å². The maximum atomic E-state index is 12.3. The van der Waals surface area contributed by atoms with Crippen molar-refractivity contribution < 1.29 is 14.3 Å². The number of Topliss-reactive ketones (excluding diaryl/α,β-unsaturated/α-hetero) is 1. The third-order valence-corrected chi connectivity index (χ3v) is 3.60. The summed E-state index contributed by atoms with van der Waals surface area (Å²) in [4.78, 5) is 25.7. The van der Waals surface area contributed by atoms with E-state index in [2.05, 4.69) is 15.3 Å². The standard InChI is InChI=1S/C18H24N4O3/c1-13(23)15-6-5-7-17(10-15)25-14(2)18(24)20-16-11-19-22(12-16)9-8-21(3)4/h5-7,10-12,14H,8-9H2,1-4H3,(H,20,24)/t14-/m0/s1. The van der Waals surface area contributed by atoms with Crippen LogP contribution >= 0.6 is 0 Å². The van der Waals surface area contributed by atoms with E-state index in [1.807, 2.05) is 14.1 Å². The number of amides is 1. The fourth-order valence-corrected chi connectivity index (χ4v) is 2.14. The van der Waals surface area contributed by atoms with Crippen molar-refractivity contribution in [3.8, 4) is 5.75 Å². The zero-order chi connectivity index (χ0) is 18.4. The van der Waals surface area contributed by atoms with Gasteiger partial charge in [0.25, 0.3) is 5.91 Å². The summed E-state index contributed by atoms with van der Waals surface area (Å²) in [5, 5.41) is 6.99. The molecule has 0 aliphatic rings. The summed E-state index contributed by atoms with van der Waals surface area (Å²) in [5.74, 6) is 0.158. The molecule has 1 amide bonds. The van der Waals surface area contributed by atoms with E-state index in [-0.39, 0.29) is 11.7 Å². The van der Waals surface area contributed by atoms with Crippen LogP contribution in [0.2, 0.25) is 0 Å². The summed E-state index contributed by atoms with van der Waals surface area (Å²) in [5.41, 5.74) is 1.17. The number of ketones is 1. The molecule has 1 aromatic heterocycles. The molecule has 7 heteroatoms. The predicted octanol–water partition coefficient (Wildman–Crippen LogP) is 2.05. The molecule has 0 aliphatic carbocycles. The van der Waals surface area contributed by atoms with Crippen LogP contribution in [0.4, 0.5) is 5.69 Å². The molecule has 1 N–H and O–H groups in total. The number of carbonyl (C=O) groups is 2. The average molecular weight is 344 g/mol. The Morgan fingerprint density at radius 2 is 2.12 bits per heavy atom. The van der Waals surface area contributed by atoms with Crippen LogP contribution < -0.4 is 10.1 Å². The number of nitrogens with one attached hydrogen (secondary N) is 1. The van der Waals surface area contributed by atoms with Gasteiger partial charge in [0.05, 0.1) is 18.4 Å². The molecule has 0 bridgehead atoms. The summed E-state index contributed by atoms with van der Waals surface area (Å²) < 4.78 is 7.40. The van der Waals surface area contributed by atoms with Gasteiger partial charge >= 0.3 is 0 Å². The first-order valence-corrected chi connectivity index (χ1v) is 8.11. The second kappa shape index (κ2) is 8.43. The Hall–Kier alpha value is -2.67. The Bertz CT molecular complexity index is 739. The number of likely N-dealkylation sites (N-methyl/N-ethyl adjacent to an activating group) is 1. The Morgan fingerprint density at radius 3 is 2.80 bits per heavy atom. The number of benzene rings is 1. The van der Waals surface area contributed by atoms with Gasteiger partial charge in [-0.15, -0.1) is 0 Å². The highest BCUT2D eigenvalue weighted by molar-refractivity contribution is 5.95. The van der Waals surface area contributed by atoms with Gasteiger partial charge in [-0.05, 0) is 40.1 Å². The zero-order valence-corrected chi connectivity index (χ0v) is 15.0. The minimum Gasteiger partial charge on any atom is -0.481 e. The van der Waals surface area contributed by atoms with Gasteiger partial charge in [-0.1, -0.05) is 12.1 Å². The van der Waals surface area contributed by atoms with Gasteiger partial charge in [0.1, 0.15) is 5.75 Å². The molecule has 134 valence electrons. The Kier molecular flexibility index (Phi) is 6.30. The highest BCUT2D eigenvalue weighted by atomic mass is 16.5. The minimum absolute atomic E-state index is 0.0484. The van der Waals surface area contributed by atoms with E-state index in [9.17, 15) is 9.59 Å². The van der Waals surface area contributed by atoms with Crippen LogP contribution in [0.5, 0.6) is 5.75 Å². The van der Waals surface area contributed by atoms with Gasteiger partial charge in [-0.3, -0.25) is 14.3 Å². The molecule has 0 saturated heterocycles. The lowest BCUT2D eigenvalue weighted by Gasteiger charge is -2.14. The lowest BCUT2D eigenvalue weighted by atomic mass is 10.1. The predicted molar refractivity (Wildman–Crippen MR) is 95.9 cm³/mol. The van der Waals surface area contributed by atoms with E-state index in [0.717, 1.165) is 13.1 Å². The highest BCUT2D eigenvalue weighted by Gasteiger charge is 2.16. The van der Waals surface area contributed by atoms with Crippen molar-refractivity contribution in [3.63, 3.8) is 0 Å². The molecule has 1 heterocycles. The lowest BCUT2D eigenvalue weighted by molar-refractivity contribution is -0.122. The monoisotopic (exact) mass is 344 g/mol. The Labute approximate surface area is 147 Å². The van der Waals surface area contributed by atoms with Crippen LogP contribution in [0.1, 0.15) is 24.2 Å². The summed E-state index contributed by atoms with van der Waals surface area (Å²) in [7, 11) is 3.98. The van der Waals surface area contributed by atoms with Crippen LogP contribution in [-0.4, -0.2) is 53.1 Å². The van der Waals surface area contributed by atoms with Gasteiger partial charge < -0.3 is 15.0 Å². The summed E-state index contributed by atoms with van der Waals surface area (Å²) in [6, 6.07) is 6.79. The fraction of sp³-hybridized carbons (Fsp3) is 0.389.